The molecule has 0 heterocycles. The fourth-order valence-corrected chi connectivity index (χ4v) is 2.12. The zero-order chi connectivity index (χ0) is 13.1. The van der Waals surface area contributed by atoms with Crippen LogP contribution in [-0.2, 0) is 0 Å². The van der Waals surface area contributed by atoms with Crippen LogP contribution in [0.15, 0.2) is 47.4 Å². The molecule has 0 radical (unpaired) electrons. The maximum atomic E-state index is 11.9. The third-order valence-electron chi connectivity index (χ3n) is 2.29. The summed E-state index contributed by atoms with van der Waals surface area (Å²) in [5, 5.41) is 18.5. The number of carbonyl (C=O) groups excluding carboxylic acids is 1. The van der Waals surface area contributed by atoms with Gasteiger partial charge in [0.15, 0.2) is 0 Å². The lowest BCUT2D eigenvalue weighted by Crippen LogP contribution is -1.94. The van der Waals surface area contributed by atoms with Gasteiger partial charge in [0, 0.05) is 17.3 Å². The molecule has 92 valence electrons. The van der Waals surface area contributed by atoms with Crippen molar-refractivity contribution in [2.24, 2.45) is 0 Å². The first-order valence-corrected chi connectivity index (χ1v) is 5.97. The van der Waals surface area contributed by atoms with E-state index in [0.29, 0.717) is 16.1 Å². The van der Waals surface area contributed by atoms with E-state index >= 15 is 0 Å². The number of hydrogen-bond acceptors (Lipinski definition) is 5. The van der Waals surface area contributed by atoms with Gasteiger partial charge in [-0.2, -0.15) is 0 Å². The Bertz CT molecular complexity index is 581. The Morgan fingerprint density at radius 3 is 2.33 bits per heavy atom. The summed E-state index contributed by atoms with van der Waals surface area (Å²) in [5.74, 6) is -0.166. The van der Waals surface area contributed by atoms with Gasteiger partial charge < -0.3 is 15.9 Å². The van der Waals surface area contributed by atoms with Crippen molar-refractivity contribution in [3.05, 3.63) is 48.0 Å². The lowest BCUT2D eigenvalue weighted by molar-refractivity contribution is 0.108. The Hall–Kier alpha value is -2.14. The van der Waals surface area contributed by atoms with Gasteiger partial charge in [0.2, 0.25) is 5.12 Å². The maximum Gasteiger partial charge on any atom is 0.224 e. The predicted molar refractivity (Wildman–Crippen MR) is 70.8 cm³/mol. The van der Waals surface area contributed by atoms with E-state index in [1.165, 1.54) is 18.2 Å². The first kappa shape index (κ1) is 12.3. The highest BCUT2D eigenvalue weighted by molar-refractivity contribution is 8.14. The molecule has 0 fully saturated rings. The third kappa shape index (κ3) is 2.75. The van der Waals surface area contributed by atoms with Gasteiger partial charge >= 0.3 is 0 Å². The van der Waals surface area contributed by atoms with Crippen molar-refractivity contribution in [1.82, 2.24) is 0 Å². The van der Waals surface area contributed by atoms with Crippen LogP contribution in [-0.4, -0.2) is 15.3 Å². The van der Waals surface area contributed by atoms with Crippen molar-refractivity contribution < 1.29 is 15.0 Å². The van der Waals surface area contributed by atoms with Gasteiger partial charge in [0.25, 0.3) is 0 Å². The molecular formula is C13H11NO3S. The minimum Gasteiger partial charge on any atom is -0.508 e. The average Bonchev–Trinajstić information content (AvgIpc) is 2.33. The van der Waals surface area contributed by atoms with E-state index in [-0.39, 0.29) is 16.6 Å². The molecule has 5 heteroatoms. The molecule has 0 saturated heterocycles. The average molecular weight is 261 g/mol. The van der Waals surface area contributed by atoms with Crippen LogP contribution in [0.1, 0.15) is 10.4 Å². The second-order valence-corrected chi connectivity index (χ2v) is 4.68. The van der Waals surface area contributed by atoms with E-state index in [9.17, 15) is 9.90 Å². The van der Waals surface area contributed by atoms with E-state index in [0.717, 1.165) is 11.8 Å². The smallest absolute Gasteiger partial charge is 0.224 e. The predicted octanol–water partition coefficient (Wildman–Crippen LogP) is 2.61. The molecular weight excluding hydrogens is 250 g/mol. The van der Waals surface area contributed by atoms with Gasteiger partial charge in [0.05, 0.1) is 4.90 Å². The van der Waals surface area contributed by atoms with Crippen LogP contribution in [0.5, 0.6) is 11.5 Å². The molecule has 2 aromatic carbocycles. The van der Waals surface area contributed by atoms with Gasteiger partial charge in [-0.1, -0.05) is 0 Å². The standard InChI is InChI=1S/C13H11NO3S/c14-9-3-1-8(2-4-9)13(17)18-12-6-5-10(15)7-11(12)16/h1-7,15-16H,14H2. The molecule has 18 heavy (non-hydrogen) atoms. The van der Waals surface area contributed by atoms with Crippen LogP contribution in [0.4, 0.5) is 5.69 Å². The Kier molecular flexibility index (Phi) is 3.43. The van der Waals surface area contributed by atoms with Crippen LogP contribution in [0.3, 0.4) is 0 Å². The van der Waals surface area contributed by atoms with Crippen LogP contribution in [0, 0.1) is 0 Å². The lowest BCUT2D eigenvalue weighted by atomic mass is 10.2. The number of phenols is 2. The largest absolute Gasteiger partial charge is 0.508 e. The van der Waals surface area contributed by atoms with Crippen molar-refractivity contribution in [2.75, 3.05) is 5.73 Å². The molecule has 0 atom stereocenters. The molecule has 0 unspecified atom stereocenters. The monoisotopic (exact) mass is 261 g/mol. The van der Waals surface area contributed by atoms with E-state index in [1.54, 1.807) is 24.3 Å². The molecule has 0 bridgehead atoms. The number of carbonyl (C=O) groups is 1. The van der Waals surface area contributed by atoms with Crippen LogP contribution in [0.2, 0.25) is 0 Å². The summed E-state index contributed by atoms with van der Waals surface area (Å²) in [7, 11) is 0. The highest BCUT2D eigenvalue weighted by Crippen LogP contribution is 2.33. The van der Waals surface area contributed by atoms with Gasteiger partial charge in [0.1, 0.15) is 11.5 Å². The van der Waals surface area contributed by atoms with E-state index in [4.69, 9.17) is 10.8 Å². The number of nitrogens with two attached hydrogens (primary N) is 1. The first-order chi connectivity index (χ1) is 8.56. The topological polar surface area (TPSA) is 83.6 Å². The number of hydrogen-bond donors (Lipinski definition) is 3. The summed E-state index contributed by atoms with van der Waals surface area (Å²) in [6, 6.07) is 10.6. The number of benzene rings is 2. The fraction of sp³-hybridized carbons (Fsp3) is 0. The van der Waals surface area contributed by atoms with Gasteiger partial charge in [-0.3, -0.25) is 4.79 Å². The highest BCUT2D eigenvalue weighted by atomic mass is 32.2. The molecule has 0 spiro atoms. The van der Waals surface area contributed by atoms with Crippen molar-refractivity contribution in [2.45, 2.75) is 4.90 Å². The summed E-state index contributed by atoms with van der Waals surface area (Å²) in [4.78, 5) is 12.3. The summed E-state index contributed by atoms with van der Waals surface area (Å²) >= 11 is 0.897. The van der Waals surface area contributed by atoms with Gasteiger partial charge in [-0.25, -0.2) is 0 Å². The number of nitrogen functional groups attached to an aromatic ring is 1. The molecule has 4 nitrogen and oxygen atoms in total. The number of phenolic OH excluding ortho intramolecular Hbond substituents is 2. The second kappa shape index (κ2) is 5.01. The summed E-state index contributed by atoms with van der Waals surface area (Å²) in [6.45, 7) is 0. The van der Waals surface area contributed by atoms with Gasteiger partial charge in [-0.05, 0) is 48.2 Å². The van der Waals surface area contributed by atoms with Crippen molar-refractivity contribution >= 4 is 22.6 Å². The van der Waals surface area contributed by atoms with E-state index in [2.05, 4.69) is 0 Å². The summed E-state index contributed by atoms with van der Waals surface area (Å²) in [5.41, 5.74) is 6.62. The second-order valence-electron chi connectivity index (χ2n) is 3.66. The molecule has 4 N–H and O–H groups in total. The third-order valence-corrected chi connectivity index (χ3v) is 3.28. The molecule has 0 saturated carbocycles. The van der Waals surface area contributed by atoms with Crippen molar-refractivity contribution in [3.63, 3.8) is 0 Å². The molecule has 0 amide bonds. The summed E-state index contributed by atoms with van der Waals surface area (Å²) < 4.78 is 0. The zero-order valence-corrected chi connectivity index (χ0v) is 10.1. The molecule has 2 aromatic rings. The molecule has 0 aliphatic heterocycles. The Morgan fingerprint density at radius 2 is 1.72 bits per heavy atom. The fourth-order valence-electron chi connectivity index (χ4n) is 1.37. The first-order valence-electron chi connectivity index (χ1n) is 5.16. The van der Waals surface area contributed by atoms with Crippen LogP contribution < -0.4 is 5.73 Å². The maximum absolute atomic E-state index is 11.9. The van der Waals surface area contributed by atoms with Crippen LogP contribution >= 0.6 is 11.8 Å². The Balaban J connectivity index is 2.18. The number of aromatic hydroxyl groups is 2. The van der Waals surface area contributed by atoms with Crippen molar-refractivity contribution in [1.29, 1.82) is 0 Å². The molecule has 0 aliphatic carbocycles. The number of thioether (sulfide) groups is 1. The SMILES string of the molecule is Nc1ccc(C(=O)Sc2ccc(O)cc2O)cc1. The zero-order valence-electron chi connectivity index (χ0n) is 9.33. The lowest BCUT2D eigenvalue weighted by Gasteiger charge is -2.04. The Labute approximate surface area is 108 Å². The summed E-state index contributed by atoms with van der Waals surface area (Å²) in [6.07, 6.45) is 0. The Morgan fingerprint density at radius 1 is 1.06 bits per heavy atom. The normalized spacial score (nSPS) is 10.2. The quantitative estimate of drug-likeness (QED) is 0.571. The van der Waals surface area contributed by atoms with Gasteiger partial charge in [-0.15, -0.1) is 0 Å². The van der Waals surface area contributed by atoms with Crippen LogP contribution in [0.25, 0.3) is 0 Å². The van der Waals surface area contributed by atoms with Crippen molar-refractivity contribution in [3.8, 4) is 11.5 Å². The minimum atomic E-state index is -0.198. The highest BCUT2D eigenvalue weighted by Gasteiger charge is 2.11. The number of anilines is 1. The van der Waals surface area contributed by atoms with E-state index < -0.39 is 0 Å². The van der Waals surface area contributed by atoms with E-state index in [1.807, 2.05) is 0 Å². The number of rotatable bonds is 2. The molecule has 2 rings (SSSR count). The molecule has 0 aliphatic rings. The molecule has 0 aromatic heterocycles. The minimum absolute atomic E-state index is 0.0446.